The van der Waals surface area contributed by atoms with E-state index in [4.69, 9.17) is 9.47 Å². The molecule has 2 saturated heterocycles. The summed E-state index contributed by atoms with van der Waals surface area (Å²) in [5, 5.41) is 0. The molecular formula is C24H29N3O5S. The summed E-state index contributed by atoms with van der Waals surface area (Å²) in [6, 6.07) is 11.5. The molecule has 1 atom stereocenters. The van der Waals surface area contributed by atoms with E-state index in [-0.39, 0.29) is 16.8 Å². The van der Waals surface area contributed by atoms with E-state index in [2.05, 4.69) is 9.62 Å². The van der Waals surface area contributed by atoms with Gasteiger partial charge in [-0.15, -0.1) is 0 Å². The van der Waals surface area contributed by atoms with Crippen molar-refractivity contribution in [2.45, 2.75) is 36.6 Å². The highest BCUT2D eigenvalue weighted by molar-refractivity contribution is 7.92. The van der Waals surface area contributed by atoms with Crippen LogP contribution in [0.2, 0.25) is 0 Å². The Labute approximate surface area is 194 Å². The Hall–Kier alpha value is -2.78. The lowest BCUT2D eigenvalue weighted by molar-refractivity contribution is 0.0709. The summed E-state index contributed by atoms with van der Waals surface area (Å²) in [6.07, 6.45) is 4.47. The Kier molecular flexibility index (Phi) is 6.16. The van der Waals surface area contributed by atoms with Gasteiger partial charge >= 0.3 is 0 Å². The van der Waals surface area contributed by atoms with Crippen LogP contribution in [0.15, 0.2) is 47.4 Å². The van der Waals surface area contributed by atoms with Crippen LogP contribution in [-0.2, 0) is 10.0 Å². The van der Waals surface area contributed by atoms with Gasteiger partial charge in [-0.05, 0) is 69.1 Å². The zero-order valence-corrected chi connectivity index (χ0v) is 19.4. The fourth-order valence-electron chi connectivity index (χ4n) is 4.84. The van der Waals surface area contributed by atoms with E-state index < -0.39 is 10.0 Å². The Bertz CT molecular complexity index is 1130. The first-order chi connectivity index (χ1) is 16.0. The maximum atomic E-state index is 13.3. The molecule has 2 fully saturated rings. The van der Waals surface area contributed by atoms with Gasteiger partial charge in [0.2, 0.25) is 0 Å². The molecule has 0 bridgehead atoms. The van der Waals surface area contributed by atoms with Crippen molar-refractivity contribution in [3.63, 3.8) is 0 Å². The summed E-state index contributed by atoms with van der Waals surface area (Å²) < 4.78 is 39.5. The largest absolute Gasteiger partial charge is 0.486 e. The summed E-state index contributed by atoms with van der Waals surface area (Å²) in [4.78, 5) is 17.7. The molecule has 176 valence electrons. The molecule has 1 amide bonds. The number of sulfonamides is 1. The van der Waals surface area contributed by atoms with E-state index in [9.17, 15) is 13.2 Å². The van der Waals surface area contributed by atoms with Gasteiger partial charge in [0.25, 0.3) is 15.9 Å². The molecule has 33 heavy (non-hydrogen) atoms. The molecule has 0 saturated carbocycles. The minimum atomic E-state index is -3.85. The maximum absolute atomic E-state index is 13.3. The molecular weight excluding hydrogens is 442 g/mol. The topological polar surface area (TPSA) is 88.2 Å². The van der Waals surface area contributed by atoms with Crippen LogP contribution >= 0.6 is 0 Å². The van der Waals surface area contributed by atoms with Gasteiger partial charge in [0, 0.05) is 36.4 Å². The summed E-state index contributed by atoms with van der Waals surface area (Å²) in [7, 11) is -3.85. The van der Waals surface area contributed by atoms with E-state index in [1.165, 1.54) is 25.0 Å². The first-order valence-corrected chi connectivity index (χ1v) is 13.0. The lowest BCUT2D eigenvalue weighted by atomic mass is 10.1. The van der Waals surface area contributed by atoms with Crippen LogP contribution in [0.3, 0.4) is 0 Å². The summed E-state index contributed by atoms with van der Waals surface area (Å²) in [5.41, 5.74) is 0.844. The molecule has 3 aliphatic rings. The average molecular weight is 472 g/mol. The molecule has 0 aromatic heterocycles. The Morgan fingerprint density at radius 2 is 1.76 bits per heavy atom. The lowest BCUT2D eigenvalue weighted by Crippen LogP contribution is -2.42. The van der Waals surface area contributed by atoms with Crippen LogP contribution in [-0.4, -0.2) is 69.6 Å². The average Bonchev–Trinajstić information content (AvgIpc) is 3.51. The highest BCUT2D eigenvalue weighted by Crippen LogP contribution is 2.33. The predicted molar refractivity (Wildman–Crippen MR) is 124 cm³/mol. The second-order valence-corrected chi connectivity index (χ2v) is 10.5. The van der Waals surface area contributed by atoms with Gasteiger partial charge in [-0.1, -0.05) is 6.07 Å². The van der Waals surface area contributed by atoms with Crippen LogP contribution in [0.5, 0.6) is 11.5 Å². The highest BCUT2D eigenvalue weighted by Gasteiger charge is 2.31. The number of benzene rings is 2. The molecule has 3 heterocycles. The van der Waals surface area contributed by atoms with Gasteiger partial charge in [-0.3, -0.25) is 9.52 Å². The lowest BCUT2D eigenvalue weighted by Gasteiger charge is -2.28. The monoisotopic (exact) mass is 471 g/mol. The zero-order chi connectivity index (χ0) is 22.8. The minimum absolute atomic E-state index is 0.0444. The van der Waals surface area contributed by atoms with E-state index in [0.29, 0.717) is 36.0 Å². The first-order valence-electron chi connectivity index (χ1n) is 11.6. The summed E-state index contributed by atoms with van der Waals surface area (Å²) >= 11 is 0. The number of ether oxygens (including phenoxy) is 2. The van der Waals surface area contributed by atoms with E-state index in [0.717, 1.165) is 39.0 Å². The molecule has 5 rings (SSSR count). The van der Waals surface area contributed by atoms with E-state index >= 15 is 0 Å². The smallest absolute Gasteiger partial charge is 0.262 e. The molecule has 8 nitrogen and oxygen atoms in total. The van der Waals surface area contributed by atoms with Crippen LogP contribution in [0.25, 0.3) is 0 Å². The molecule has 0 radical (unpaired) electrons. The number of rotatable bonds is 6. The van der Waals surface area contributed by atoms with Crippen LogP contribution < -0.4 is 14.2 Å². The fourth-order valence-corrected chi connectivity index (χ4v) is 5.91. The number of hydrogen-bond donors (Lipinski definition) is 1. The standard InChI is InChI=1S/C24H29N3O5S/c28-24(27-12-4-7-20(27)17-26-10-1-2-11-26)18-5-3-6-19(15-18)25-33(29,30)21-8-9-22-23(16-21)32-14-13-31-22/h3,5-6,8-9,15-16,20,25H,1-2,4,7,10-14,17H2. The Balaban J connectivity index is 1.31. The maximum Gasteiger partial charge on any atom is 0.262 e. The van der Waals surface area contributed by atoms with Crippen molar-refractivity contribution in [2.24, 2.45) is 0 Å². The number of nitrogens with zero attached hydrogens (tertiary/aromatic N) is 2. The second-order valence-electron chi connectivity index (χ2n) is 8.79. The third-order valence-electron chi connectivity index (χ3n) is 6.49. The van der Waals surface area contributed by atoms with Gasteiger partial charge in [-0.25, -0.2) is 8.42 Å². The normalized spacial score (nSPS) is 20.7. The molecule has 2 aromatic carbocycles. The van der Waals surface area contributed by atoms with E-state index in [1.807, 2.05) is 4.90 Å². The number of fused-ring (bicyclic) bond motifs is 1. The van der Waals surface area contributed by atoms with Gasteiger partial charge < -0.3 is 19.3 Å². The molecule has 9 heteroatoms. The van der Waals surface area contributed by atoms with Crippen LogP contribution in [0.1, 0.15) is 36.0 Å². The van der Waals surface area contributed by atoms with Crippen molar-refractivity contribution >= 4 is 21.6 Å². The van der Waals surface area contributed by atoms with Crippen molar-refractivity contribution in [3.8, 4) is 11.5 Å². The first kappa shape index (κ1) is 22.0. The van der Waals surface area contributed by atoms with Crippen molar-refractivity contribution in [2.75, 3.05) is 44.1 Å². The van der Waals surface area contributed by atoms with Crippen molar-refractivity contribution in [3.05, 3.63) is 48.0 Å². The van der Waals surface area contributed by atoms with Crippen molar-refractivity contribution in [1.29, 1.82) is 0 Å². The Morgan fingerprint density at radius 3 is 2.58 bits per heavy atom. The second kappa shape index (κ2) is 9.23. The van der Waals surface area contributed by atoms with Gasteiger partial charge in [0.1, 0.15) is 13.2 Å². The van der Waals surface area contributed by atoms with Gasteiger partial charge in [-0.2, -0.15) is 0 Å². The quantitative estimate of drug-likeness (QED) is 0.697. The number of carbonyl (C=O) groups is 1. The molecule has 2 aromatic rings. The van der Waals surface area contributed by atoms with Crippen LogP contribution in [0, 0.1) is 0 Å². The zero-order valence-electron chi connectivity index (χ0n) is 18.5. The number of likely N-dealkylation sites (tertiary alicyclic amines) is 2. The van der Waals surface area contributed by atoms with Gasteiger partial charge in [0.05, 0.1) is 4.90 Å². The fraction of sp³-hybridized carbons (Fsp3) is 0.458. The molecule has 1 unspecified atom stereocenters. The molecule has 0 spiro atoms. The van der Waals surface area contributed by atoms with Crippen molar-refractivity contribution in [1.82, 2.24) is 9.80 Å². The van der Waals surface area contributed by atoms with E-state index in [1.54, 1.807) is 30.3 Å². The summed E-state index contributed by atoms with van der Waals surface area (Å²) in [5.74, 6) is 0.894. The number of hydrogen-bond acceptors (Lipinski definition) is 6. The number of carbonyl (C=O) groups excluding carboxylic acids is 1. The molecule has 0 aliphatic carbocycles. The highest BCUT2D eigenvalue weighted by atomic mass is 32.2. The summed E-state index contributed by atoms with van der Waals surface area (Å²) in [6.45, 7) is 4.69. The van der Waals surface area contributed by atoms with Crippen molar-refractivity contribution < 1.29 is 22.7 Å². The number of nitrogens with one attached hydrogen (secondary N) is 1. The SMILES string of the molecule is O=C(c1cccc(NS(=O)(=O)c2ccc3c(c2)OCCO3)c1)N1CCCC1CN1CCCC1. The Morgan fingerprint density at radius 1 is 0.970 bits per heavy atom. The molecule has 3 aliphatic heterocycles. The number of amides is 1. The predicted octanol–water partition coefficient (Wildman–Crippen LogP) is 2.96. The third-order valence-corrected chi connectivity index (χ3v) is 7.87. The van der Waals surface area contributed by atoms with Gasteiger partial charge in [0.15, 0.2) is 11.5 Å². The third kappa shape index (κ3) is 4.79. The molecule has 1 N–H and O–H groups in total. The van der Waals surface area contributed by atoms with Crippen LogP contribution in [0.4, 0.5) is 5.69 Å². The minimum Gasteiger partial charge on any atom is -0.486 e. The number of anilines is 1.